The Labute approximate surface area is 148 Å². The van der Waals surface area contributed by atoms with Gasteiger partial charge in [-0.2, -0.15) is 0 Å². The fourth-order valence-corrected chi connectivity index (χ4v) is 3.85. The molecule has 3 rings (SSSR count). The molecule has 0 saturated carbocycles. The molecular weight excluding hydrogens is 342 g/mol. The van der Waals surface area contributed by atoms with Gasteiger partial charge in [0.2, 0.25) is 10.0 Å². The lowest BCUT2D eigenvalue weighted by Gasteiger charge is -2.34. The molecule has 0 aliphatic carbocycles. The number of primary sulfonamides is 1. The van der Waals surface area contributed by atoms with Gasteiger partial charge in [-0.25, -0.2) is 13.6 Å². The summed E-state index contributed by atoms with van der Waals surface area (Å²) in [5, 5.41) is 5.04. The Bertz CT molecular complexity index is 708. The van der Waals surface area contributed by atoms with E-state index in [-0.39, 0.29) is 11.7 Å². The van der Waals surface area contributed by atoms with Crippen molar-refractivity contribution in [2.24, 2.45) is 5.14 Å². The van der Waals surface area contributed by atoms with Crippen molar-refractivity contribution in [3.63, 3.8) is 0 Å². The Balaban J connectivity index is 1.56. The highest BCUT2D eigenvalue weighted by atomic mass is 32.2. The van der Waals surface area contributed by atoms with Gasteiger partial charge in [0.1, 0.15) is 0 Å². The van der Waals surface area contributed by atoms with Crippen LogP contribution in [0.5, 0.6) is 0 Å². The quantitative estimate of drug-likeness (QED) is 0.805. The van der Waals surface area contributed by atoms with E-state index in [1.54, 1.807) is 0 Å². The molecule has 0 aromatic heterocycles. The first-order chi connectivity index (χ1) is 11.9. The second-order valence-corrected chi connectivity index (χ2v) is 8.42. The van der Waals surface area contributed by atoms with Gasteiger partial charge in [0.25, 0.3) is 5.91 Å². The van der Waals surface area contributed by atoms with Gasteiger partial charge in [-0.15, -0.1) is 0 Å². The van der Waals surface area contributed by atoms with E-state index in [2.05, 4.69) is 6.07 Å². The van der Waals surface area contributed by atoms with E-state index in [1.165, 1.54) is 0 Å². The van der Waals surface area contributed by atoms with E-state index < -0.39 is 10.0 Å². The summed E-state index contributed by atoms with van der Waals surface area (Å²) in [5.41, 5.74) is 1.87. The van der Waals surface area contributed by atoms with Gasteiger partial charge in [-0.1, -0.05) is 12.1 Å². The number of amides is 1. The molecule has 1 aromatic carbocycles. The van der Waals surface area contributed by atoms with Crippen molar-refractivity contribution in [3.05, 3.63) is 35.4 Å². The normalized spacial score (nSPS) is 22.3. The molecular formula is C17H25N3O4S. The van der Waals surface area contributed by atoms with Crippen molar-refractivity contribution in [1.29, 1.82) is 0 Å². The third-order valence-electron chi connectivity index (χ3n) is 4.89. The van der Waals surface area contributed by atoms with Crippen LogP contribution in [-0.4, -0.2) is 75.8 Å². The molecule has 1 amide bonds. The Morgan fingerprint density at radius 2 is 2.00 bits per heavy atom. The SMILES string of the molecule is NS(=O)(=O)CCN1CCN(C(=O)c2cccc(C3CCOC3)c2)CC1. The van der Waals surface area contributed by atoms with Crippen LogP contribution in [0.1, 0.15) is 28.3 Å². The molecule has 0 bridgehead atoms. The summed E-state index contributed by atoms with van der Waals surface area (Å²) in [7, 11) is -3.44. The molecule has 1 aromatic rings. The van der Waals surface area contributed by atoms with Crippen LogP contribution < -0.4 is 5.14 Å². The van der Waals surface area contributed by atoms with Crippen LogP contribution in [0, 0.1) is 0 Å². The van der Waals surface area contributed by atoms with Gasteiger partial charge in [-0.05, 0) is 24.1 Å². The number of hydrogen-bond donors (Lipinski definition) is 1. The van der Waals surface area contributed by atoms with Crippen molar-refractivity contribution < 1.29 is 17.9 Å². The van der Waals surface area contributed by atoms with Gasteiger partial charge < -0.3 is 9.64 Å². The Morgan fingerprint density at radius 1 is 1.24 bits per heavy atom. The first kappa shape index (κ1) is 18.3. The molecule has 25 heavy (non-hydrogen) atoms. The first-order valence-electron chi connectivity index (χ1n) is 8.62. The lowest BCUT2D eigenvalue weighted by atomic mass is 9.96. The van der Waals surface area contributed by atoms with E-state index in [0.717, 1.165) is 25.2 Å². The third-order valence-corrected chi connectivity index (χ3v) is 5.64. The highest BCUT2D eigenvalue weighted by molar-refractivity contribution is 7.89. The number of ether oxygens (including phenoxy) is 1. The number of carbonyl (C=O) groups is 1. The molecule has 2 aliphatic heterocycles. The van der Waals surface area contributed by atoms with Gasteiger partial charge in [0.05, 0.1) is 12.4 Å². The van der Waals surface area contributed by atoms with E-state index >= 15 is 0 Å². The summed E-state index contributed by atoms with van der Waals surface area (Å²) in [4.78, 5) is 16.6. The zero-order valence-electron chi connectivity index (χ0n) is 14.3. The van der Waals surface area contributed by atoms with Crippen molar-refractivity contribution in [1.82, 2.24) is 9.80 Å². The van der Waals surface area contributed by atoms with Crippen LogP contribution in [0.25, 0.3) is 0 Å². The summed E-state index contributed by atoms with van der Waals surface area (Å²) >= 11 is 0. The number of nitrogens with two attached hydrogens (primary N) is 1. The lowest BCUT2D eigenvalue weighted by Crippen LogP contribution is -2.49. The number of rotatable bonds is 5. The van der Waals surface area contributed by atoms with E-state index in [1.807, 2.05) is 28.0 Å². The van der Waals surface area contributed by atoms with Crippen LogP contribution in [-0.2, 0) is 14.8 Å². The van der Waals surface area contributed by atoms with Crippen LogP contribution in [0.2, 0.25) is 0 Å². The zero-order chi connectivity index (χ0) is 17.9. The number of carbonyl (C=O) groups excluding carboxylic acids is 1. The maximum atomic E-state index is 12.8. The molecule has 2 heterocycles. The number of piperazine rings is 1. The smallest absolute Gasteiger partial charge is 0.253 e. The minimum Gasteiger partial charge on any atom is -0.381 e. The summed E-state index contributed by atoms with van der Waals surface area (Å²) in [5.74, 6) is 0.363. The highest BCUT2D eigenvalue weighted by Crippen LogP contribution is 2.26. The largest absolute Gasteiger partial charge is 0.381 e. The molecule has 2 saturated heterocycles. The highest BCUT2D eigenvalue weighted by Gasteiger charge is 2.24. The Kier molecular flexibility index (Phi) is 5.73. The lowest BCUT2D eigenvalue weighted by molar-refractivity contribution is 0.0644. The molecule has 8 heteroatoms. The third kappa shape index (κ3) is 5.01. The van der Waals surface area contributed by atoms with Crippen LogP contribution in [0.4, 0.5) is 0 Å². The maximum Gasteiger partial charge on any atom is 0.253 e. The second-order valence-electron chi connectivity index (χ2n) is 6.69. The Morgan fingerprint density at radius 3 is 2.64 bits per heavy atom. The summed E-state index contributed by atoms with van der Waals surface area (Å²) in [6.07, 6.45) is 1.00. The monoisotopic (exact) mass is 367 g/mol. The zero-order valence-corrected chi connectivity index (χ0v) is 15.1. The standard InChI is InChI=1S/C17H25N3O4S/c18-25(22,23)11-9-19-5-7-20(8-6-19)17(21)15-3-1-2-14(12-15)16-4-10-24-13-16/h1-3,12,16H,4-11,13H2,(H2,18,22,23). The molecule has 138 valence electrons. The molecule has 7 nitrogen and oxygen atoms in total. The summed E-state index contributed by atoms with van der Waals surface area (Å²) < 4.78 is 27.5. The molecule has 0 radical (unpaired) electrons. The van der Waals surface area contributed by atoms with Gasteiger partial charge in [-0.3, -0.25) is 9.69 Å². The average molecular weight is 367 g/mol. The Hall–Kier alpha value is -1.48. The van der Waals surface area contributed by atoms with E-state index in [0.29, 0.717) is 44.2 Å². The average Bonchev–Trinajstić information content (AvgIpc) is 3.14. The predicted octanol–water partition coefficient (Wildman–Crippen LogP) is 0.237. The molecule has 1 unspecified atom stereocenters. The van der Waals surface area contributed by atoms with Gasteiger partial charge in [0, 0.05) is 50.8 Å². The first-order valence-corrected chi connectivity index (χ1v) is 10.3. The number of benzene rings is 1. The maximum absolute atomic E-state index is 12.8. The predicted molar refractivity (Wildman–Crippen MR) is 94.9 cm³/mol. The fraction of sp³-hybridized carbons (Fsp3) is 0.588. The molecule has 2 fully saturated rings. The number of hydrogen-bond acceptors (Lipinski definition) is 5. The second kappa shape index (κ2) is 7.82. The minimum atomic E-state index is -3.44. The van der Waals surface area contributed by atoms with Crippen molar-refractivity contribution >= 4 is 15.9 Å². The van der Waals surface area contributed by atoms with Crippen molar-refractivity contribution in [3.8, 4) is 0 Å². The van der Waals surface area contributed by atoms with E-state index in [9.17, 15) is 13.2 Å². The van der Waals surface area contributed by atoms with Crippen molar-refractivity contribution in [2.45, 2.75) is 12.3 Å². The van der Waals surface area contributed by atoms with Gasteiger partial charge >= 0.3 is 0 Å². The minimum absolute atomic E-state index is 0.0341. The van der Waals surface area contributed by atoms with Crippen LogP contribution in [0.15, 0.2) is 24.3 Å². The topological polar surface area (TPSA) is 92.9 Å². The van der Waals surface area contributed by atoms with Gasteiger partial charge in [0.15, 0.2) is 0 Å². The molecule has 0 spiro atoms. The molecule has 2 N–H and O–H groups in total. The molecule has 2 aliphatic rings. The molecule has 1 atom stereocenters. The summed E-state index contributed by atoms with van der Waals surface area (Å²) in [6.45, 7) is 4.44. The summed E-state index contributed by atoms with van der Waals surface area (Å²) in [6, 6.07) is 7.83. The number of sulfonamides is 1. The van der Waals surface area contributed by atoms with Crippen LogP contribution >= 0.6 is 0 Å². The van der Waals surface area contributed by atoms with Crippen molar-refractivity contribution in [2.75, 3.05) is 51.7 Å². The van der Waals surface area contributed by atoms with E-state index in [4.69, 9.17) is 9.88 Å². The number of nitrogens with zero attached hydrogens (tertiary/aromatic N) is 2. The van der Waals surface area contributed by atoms with Crippen LogP contribution in [0.3, 0.4) is 0 Å². The fourth-order valence-electron chi connectivity index (χ4n) is 3.34.